The number of guanidine groups is 1. The Bertz CT molecular complexity index is 873. The van der Waals surface area contributed by atoms with Crippen LogP contribution in [0.15, 0.2) is 47.5 Å². The Labute approximate surface area is 199 Å². The minimum absolute atomic E-state index is 0. The molecule has 1 saturated heterocycles. The summed E-state index contributed by atoms with van der Waals surface area (Å²) in [5.74, 6) is 1.67. The lowest BCUT2D eigenvalue weighted by Crippen LogP contribution is -2.47. The highest BCUT2D eigenvalue weighted by Crippen LogP contribution is 2.32. The summed E-state index contributed by atoms with van der Waals surface area (Å²) in [6.45, 7) is 6.52. The summed E-state index contributed by atoms with van der Waals surface area (Å²) < 4.78 is 24.4. The monoisotopic (exact) mass is 541 g/mol. The minimum atomic E-state index is -0.201. The lowest BCUT2D eigenvalue weighted by atomic mass is 10.2. The van der Waals surface area contributed by atoms with Gasteiger partial charge in [-0.05, 0) is 36.4 Å². The number of rotatable bonds is 5. The predicted molar refractivity (Wildman–Crippen MR) is 133 cm³/mol. The van der Waals surface area contributed by atoms with Crippen molar-refractivity contribution in [2.45, 2.75) is 6.42 Å². The number of hydrogen-bond donors (Lipinski definition) is 2. The van der Waals surface area contributed by atoms with E-state index in [2.05, 4.69) is 20.1 Å². The third kappa shape index (κ3) is 6.60. The van der Waals surface area contributed by atoms with E-state index < -0.39 is 0 Å². The third-order valence-electron chi connectivity index (χ3n) is 5.28. The van der Waals surface area contributed by atoms with Crippen LogP contribution in [0.25, 0.3) is 0 Å². The molecule has 0 radical (unpaired) electrons. The third-order valence-corrected chi connectivity index (χ3v) is 5.28. The van der Waals surface area contributed by atoms with Gasteiger partial charge in [0, 0.05) is 56.6 Å². The van der Waals surface area contributed by atoms with Crippen LogP contribution in [0.3, 0.4) is 0 Å². The van der Waals surface area contributed by atoms with Crippen LogP contribution in [-0.2, 0) is 0 Å². The van der Waals surface area contributed by atoms with Gasteiger partial charge in [0.2, 0.25) is 0 Å². The number of nitrogens with two attached hydrogens (primary N) is 1. The second-order valence-corrected chi connectivity index (χ2v) is 7.41. The van der Waals surface area contributed by atoms with E-state index in [9.17, 15) is 4.39 Å². The number of hydrogen-bond acceptors (Lipinski definition) is 5. The molecule has 0 amide bonds. The molecular weight excluding hydrogens is 512 g/mol. The first-order valence-electron chi connectivity index (χ1n) is 10.4. The summed E-state index contributed by atoms with van der Waals surface area (Å²) in [6, 6.07) is 12.4. The molecule has 2 aromatic rings. The number of aliphatic imine (C=N–C) groups is 1. The van der Waals surface area contributed by atoms with Crippen LogP contribution in [0, 0.1) is 5.82 Å². The topological polar surface area (TPSA) is 75.4 Å². The molecule has 0 aliphatic carbocycles. The van der Waals surface area contributed by atoms with Crippen LogP contribution in [0.5, 0.6) is 11.5 Å². The summed E-state index contributed by atoms with van der Waals surface area (Å²) in [4.78, 5) is 9.09. The fraction of sp³-hybridized carbons (Fsp3) is 0.409. The Balaban J connectivity index is 0.00000272. The molecular formula is C22H29FIN5O2. The molecule has 0 saturated carbocycles. The lowest BCUT2D eigenvalue weighted by molar-refractivity contribution is 0.265. The van der Waals surface area contributed by atoms with Gasteiger partial charge in [-0.2, -0.15) is 0 Å². The normalized spacial score (nSPS) is 16.9. The number of anilines is 2. The van der Waals surface area contributed by atoms with Crippen LogP contribution in [-0.4, -0.2) is 63.3 Å². The molecule has 0 atom stereocenters. The first-order valence-corrected chi connectivity index (χ1v) is 10.4. The van der Waals surface area contributed by atoms with Gasteiger partial charge in [-0.3, -0.25) is 9.89 Å². The minimum Gasteiger partial charge on any atom is -0.490 e. The zero-order valence-corrected chi connectivity index (χ0v) is 19.8. The molecule has 0 aromatic heterocycles. The second kappa shape index (κ2) is 11.4. The van der Waals surface area contributed by atoms with Crippen LogP contribution >= 0.6 is 24.0 Å². The summed E-state index contributed by atoms with van der Waals surface area (Å²) in [7, 11) is 0. The molecule has 2 aromatic carbocycles. The molecule has 0 bridgehead atoms. The van der Waals surface area contributed by atoms with E-state index in [4.69, 9.17) is 15.2 Å². The lowest BCUT2D eigenvalue weighted by Gasteiger charge is -2.35. The van der Waals surface area contributed by atoms with Gasteiger partial charge in [-0.25, -0.2) is 4.39 Å². The summed E-state index contributed by atoms with van der Waals surface area (Å²) in [5, 5.41) is 3.12. The summed E-state index contributed by atoms with van der Waals surface area (Å²) in [5.41, 5.74) is 7.94. The van der Waals surface area contributed by atoms with E-state index in [1.807, 2.05) is 30.3 Å². The van der Waals surface area contributed by atoms with E-state index in [-0.39, 0.29) is 29.8 Å². The van der Waals surface area contributed by atoms with Gasteiger partial charge in [-0.1, -0.05) is 0 Å². The first kappa shape index (κ1) is 23.4. The van der Waals surface area contributed by atoms with Gasteiger partial charge in [0.25, 0.3) is 0 Å². The highest BCUT2D eigenvalue weighted by molar-refractivity contribution is 14.0. The van der Waals surface area contributed by atoms with Crippen molar-refractivity contribution in [1.29, 1.82) is 0 Å². The SMILES string of the molecule is I.NC(=NCCN1CCN(c2ccc(F)cc2)CC1)Nc1ccc2c(c1)OCCCO2. The van der Waals surface area contributed by atoms with Gasteiger partial charge in [0.05, 0.1) is 19.8 Å². The average molecular weight is 541 g/mol. The molecule has 7 nitrogen and oxygen atoms in total. The highest BCUT2D eigenvalue weighted by atomic mass is 127. The van der Waals surface area contributed by atoms with Crippen molar-refractivity contribution in [3.63, 3.8) is 0 Å². The van der Waals surface area contributed by atoms with Crippen molar-refractivity contribution >= 4 is 41.3 Å². The van der Waals surface area contributed by atoms with E-state index >= 15 is 0 Å². The molecule has 0 spiro atoms. The Morgan fingerprint density at radius 1 is 1.00 bits per heavy atom. The summed E-state index contributed by atoms with van der Waals surface area (Å²) >= 11 is 0. The fourth-order valence-corrected chi connectivity index (χ4v) is 3.62. The van der Waals surface area contributed by atoms with Crippen LogP contribution < -0.4 is 25.4 Å². The van der Waals surface area contributed by atoms with E-state index in [1.54, 1.807) is 0 Å². The number of benzene rings is 2. The Hall–Kier alpha value is -2.27. The van der Waals surface area contributed by atoms with E-state index in [0.29, 0.717) is 25.7 Å². The Kier molecular flexibility index (Phi) is 8.59. The number of nitrogens with one attached hydrogen (secondary N) is 1. The van der Waals surface area contributed by atoms with Crippen molar-refractivity contribution in [2.75, 3.05) is 62.7 Å². The fourth-order valence-electron chi connectivity index (χ4n) is 3.62. The van der Waals surface area contributed by atoms with Gasteiger partial charge in [0.1, 0.15) is 5.82 Å². The zero-order valence-electron chi connectivity index (χ0n) is 17.4. The van der Waals surface area contributed by atoms with E-state index in [0.717, 1.165) is 62.0 Å². The molecule has 2 heterocycles. The standard InChI is InChI=1S/C22H28FN5O2.HI/c23-17-2-5-19(6-3-17)28-12-10-27(11-13-28)9-8-25-22(24)26-18-4-7-20-21(16-18)30-15-1-14-29-20;/h2-7,16H,1,8-15H2,(H3,24,25,26);1H. The predicted octanol–water partition coefficient (Wildman–Crippen LogP) is 3.15. The van der Waals surface area contributed by atoms with Crippen LogP contribution in [0.4, 0.5) is 15.8 Å². The number of halogens is 2. The van der Waals surface area contributed by atoms with Gasteiger partial charge in [0.15, 0.2) is 17.5 Å². The van der Waals surface area contributed by atoms with Crippen LogP contribution in [0.2, 0.25) is 0 Å². The van der Waals surface area contributed by atoms with Crippen LogP contribution in [0.1, 0.15) is 6.42 Å². The van der Waals surface area contributed by atoms with Gasteiger partial charge < -0.3 is 25.4 Å². The quantitative estimate of drug-likeness (QED) is 0.344. The van der Waals surface area contributed by atoms with Gasteiger partial charge >= 0.3 is 0 Å². The number of fused-ring (bicyclic) bond motifs is 1. The molecule has 2 aliphatic heterocycles. The molecule has 0 unspecified atom stereocenters. The maximum absolute atomic E-state index is 13.1. The van der Waals surface area contributed by atoms with Crippen molar-refractivity contribution in [1.82, 2.24) is 4.90 Å². The molecule has 3 N–H and O–H groups in total. The number of nitrogens with zero attached hydrogens (tertiary/aromatic N) is 3. The maximum atomic E-state index is 13.1. The Morgan fingerprint density at radius 2 is 1.71 bits per heavy atom. The first-order chi connectivity index (χ1) is 14.7. The van der Waals surface area contributed by atoms with Crippen molar-refractivity contribution in [2.24, 2.45) is 10.7 Å². The summed E-state index contributed by atoms with van der Waals surface area (Å²) in [6.07, 6.45) is 0.874. The molecule has 1 fully saturated rings. The second-order valence-electron chi connectivity index (χ2n) is 7.41. The molecule has 4 rings (SSSR count). The number of ether oxygens (including phenoxy) is 2. The van der Waals surface area contributed by atoms with E-state index in [1.165, 1.54) is 12.1 Å². The van der Waals surface area contributed by atoms with Crippen molar-refractivity contribution in [3.8, 4) is 11.5 Å². The van der Waals surface area contributed by atoms with Crippen molar-refractivity contribution < 1.29 is 13.9 Å². The molecule has 31 heavy (non-hydrogen) atoms. The zero-order chi connectivity index (χ0) is 20.8. The largest absolute Gasteiger partial charge is 0.490 e. The maximum Gasteiger partial charge on any atom is 0.193 e. The van der Waals surface area contributed by atoms with Gasteiger partial charge in [-0.15, -0.1) is 24.0 Å². The average Bonchev–Trinajstić information content (AvgIpc) is 3.00. The molecule has 2 aliphatic rings. The highest BCUT2D eigenvalue weighted by Gasteiger charge is 2.17. The molecule has 9 heteroatoms. The smallest absolute Gasteiger partial charge is 0.193 e. The van der Waals surface area contributed by atoms with Crippen molar-refractivity contribution in [3.05, 3.63) is 48.3 Å². The molecule has 168 valence electrons. The number of piperazine rings is 1. The Morgan fingerprint density at radius 3 is 2.45 bits per heavy atom.